The van der Waals surface area contributed by atoms with Crippen LogP contribution in [0.25, 0.3) is 0 Å². The van der Waals surface area contributed by atoms with E-state index in [4.69, 9.17) is 17.4 Å². The normalized spacial score (nSPS) is 12.7. The second kappa shape index (κ2) is 5.01. The van der Waals surface area contributed by atoms with Crippen LogP contribution in [-0.2, 0) is 7.05 Å². The van der Waals surface area contributed by atoms with Gasteiger partial charge in [-0.1, -0.05) is 17.7 Å². The molecule has 1 unspecified atom stereocenters. The Kier molecular flexibility index (Phi) is 3.60. The summed E-state index contributed by atoms with van der Waals surface area (Å²) in [5.41, 5.74) is 2.56. The van der Waals surface area contributed by atoms with Crippen molar-refractivity contribution in [2.45, 2.75) is 6.04 Å². The molecule has 0 aliphatic heterocycles. The first kappa shape index (κ1) is 12.9. The predicted molar refractivity (Wildman–Crippen MR) is 63.7 cm³/mol. The highest BCUT2D eigenvalue weighted by Gasteiger charge is 2.25. The third-order valence-electron chi connectivity index (χ3n) is 2.67. The molecule has 0 radical (unpaired) electrons. The van der Waals surface area contributed by atoms with E-state index in [0.717, 1.165) is 12.1 Å². The topological polar surface area (TPSA) is 55.9 Å². The Labute approximate surface area is 107 Å². The van der Waals surface area contributed by atoms with Gasteiger partial charge in [0.15, 0.2) is 0 Å². The Morgan fingerprint density at radius 1 is 1.39 bits per heavy atom. The van der Waals surface area contributed by atoms with Crippen molar-refractivity contribution in [3.05, 3.63) is 52.3 Å². The Bertz CT molecular complexity index is 530. The third kappa shape index (κ3) is 2.10. The molecule has 0 aliphatic carbocycles. The maximum atomic E-state index is 13.7. The summed E-state index contributed by atoms with van der Waals surface area (Å²) in [5.74, 6) is 3.99. The van der Waals surface area contributed by atoms with Crippen LogP contribution in [0.1, 0.15) is 17.3 Å². The summed E-state index contributed by atoms with van der Waals surface area (Å²) in [5, 5.41) is 4.19. The maximum absolute atomic E-state index is 13.7. The van der Waals surface area contributed by atoms with E-state index in [1.54, 1.807) is 7.05 Å². The van der Waals surface area contributed by atoms with E-state index in [2.05, 4.69) is 10.5 Å². The number of benzene rings is 1. The molecule has 1 atom stereocenters. The van der Waals surface area contributed by atoms with Gasteiger partial charge in [-0.3, -0.25) is 10.5 Å². The van der Waals surface area contributed by atoms with Crippen LogP contribution in [0.4, 0.5) is 8.78 Å². The van der Waals surface area contributed by atoms with E-state index in [-0.39, 0.29) is 10.6 Å². The number of aryl methyl sites for hydroxylation is 1. The molecule has 0 aliphatic rings. The number of nitrogens with two attached hydrogens (primary N) is 1. The van der Waals surface area contributed by atoms with Gasteiger partial charge in [0.05, 0.1) is 23.0 Å². The lowest BCUT2D eigenvalue weighted by Gasteiger charge is -2.18. The summed E-state index contributed by atoms with van der Waals surface area (Å²) in [7, 11) is 1.62. The Balaban J connectivity index is 2.59. The van der Waals surface area contributed by atoms with E-state index < -0.39 is 17.7 Å². The molecule has 3 N–H and O–H groups in total. The lowest BCUT2D eigenvalue weighted by Crippen LogP contribution is -2.32. The van der Waals surface area contributed by atoms with Crippen LogP contribution < -0.4 is 11.3 Å². The zero-order chi connectivity index (χ0) is 13.3. The maximum Gasteiger partial charge on any atom is 0.131 e. The van der Waals surface area contributed by atoms with Crippen molar-refractivity contribution in [1.82, 2.24) is 15.2 Å². The zero-order valence-electron chi connectivity index (χ0n) is 9.49. The number of hydrogen-bond acceptors (Lipinski definition) is 3. The van der Waals surface area contributed by atoms with Crippen molar-refractivity contribution >= 4 is 11.6 Å². The average Bonchev–Trinajstić information content (AvgIpc) is 2.65. The van der Waals surface area contributed by atoms with Crippen LogP contribution in [-0.4, -0.2) is 9.78 Å². The Morgan fingerprint density at radius 3 is 2.44 bits per heavy atom. The molecule has 4 nitrogen and oxygen atoms in total. The monoisotopic (exact) mass is 272 g/mol. The Morgan fingerprint density at radius 2 is 2.00 bits per heavy atom. The number of hydrazine groups is 1. The third-order valence-corrected chi connectivity index (χ3v) is 2.96. The fourth-order valence-electron chi connectivity index (χ4n) is 1.83. The van der Waals surface area contributed by atoms with Gasteiger partial charge in [0, 0.05) is 12.6 Å². The minimum atomic E-state index is -0.911. The first-order chi connectivity index (χ1) is 8.56. The van der Waals surface area contributed by atoms with E-state index in [1.807, 2.05) is 0 Å². The summed E-state index contributed by atoms with van der Waals surface area (Å²) in [4.78, 5) is 0. The zero-order valence-corrected chi connectivity index (χ0v) is 10.2. The van der Waals surface area contributed by atoms with Crippen LogP contribution in [0.2, 0.25) is 5.02 Å². The summed E-state index contributed by atoms with van der Waals surface area (Å²) >= 11 is 5.95. The van der Waals surface area contributed by atoms with Gasteiger partial charge < -0.3 is 0 Å². The molecule has 96 valence electrons. The quantitative estimate of drug-likeness (QED) is 0.663. The van der Waals surface area contributed by atoms with Crippen molar-refractivity contribution in [1.29, 1.82) is 0 Å². The Hall–Kier alpha value is -1.50. The minimum absolute atomic E-state index is 0.189. The highest BCUT2D eigenvalue weighted by atomic mass is 35.5. The van der Waals surface area contributed by atoms with Crippen LogP contribution >= 0.6 is 11.6 Å². The second-order valence-electron chi connectivity index (χ2n) is 3.74. The molecule has 1 heterocycles. The number of hydrogen-bond donors (Lipinski definition) is 2. The highest BCUT2D eigenvalue weighted by molar-refractivity contribution is 6.31. The molecule has 1 aromatic carbocycles. The molecule has 2 rings (SSSR count). The molecule has 0 saturated heterocycles. The molecule has 0 saturated carbocycles. The van der Waals surface area contributed by atoms with Crippen LogP contribution in [0.15, 0.2) is 24.4 Å². The molecule has 18 heavy (non-hydrogen) atoms. The minimum Gasteiger partial charge on any atom is -0.271 e. The smallest absolute Gasteiger partial charge is 0.131 e. The predicted octanol–water partition coefficient (Wildman–Crippen LogP) is 1.90. The highest BCUT2D eigenvalue weighted by Crippen LogP contribution is 2.30. The summed E-state index contributed by atoms with van der Waals surface area (Å²) < 4.78 is 28.9. The van der Waals surface area contributed by atoms with Crippen molar-refractivity contribution < 1.29 is 8.78 Å². The average molecular weight is 273 g/mol. The molecular formula is C11H11ClF2N4. The summed E-state index contributed by atoms with van der Waals surface area (Å²) in [6.45, 7) is 0. The fourth-order valence-corrected chi connectivity index (χ4v) is 2.11. The van der Waals surface area contributed by atoms with Gasteiger partial charge in [0.2, 0.25) is 0 Å². The van der Waals surface area contributed by atoms with Gasteiger partial charge in [0.25, 0.3) is 0 Å². The molecule has 0 bridgehead atoms. The molecule has 0 amide bonds. The van der Waals surface area contributed by atoms with Crippen molar-refractivity contribution in [2.24, 2.45) is 12.9 Å². The first-order valence-corrected chi connectivity index (χ1v) is 5.51. The van der Waals surface area contributed by atoms with Gasteiger partial charge in [-0.25, -0.2) is 14.2 Å². The molecule has 2 aromatic rings. The van der Waals surface area contributed by atoms with Gasteiger partial charge in [-0.2, -0.15) is 5.10 Å². The van der Waals surface area contributed by atoms with Crippen molar-refractivity contribution in [3.8, 4) is 0 Å². The molecule has 1 aromatic heterocycles. The molecule has 0 spiro atoms. The first-order valence-electron chi connectivity index (χ1n) is 5.13. The van der Waals surface area contributed by atoms with Gasteiger partial charge in [-0.05, 0) is 12.1 Å². The van der Waals surface area contributed by atoms with E-state index in [9.17, 15) is 8.78 Å². The number of rotatable bonds is 3. The van der Waals surface area contributed by atoms with Crippen LogP contribution in [0, 0.1) is 11.6 Å². The van der Waals surface area contributed by atoms with Gasteiger partial charge >= 0.3 is 0 Å². The standard InChI is InChI=1S/C11H11ClF2N4/c1-18-11(6(12)5-16-18)10(17-15)9-7(13)3-2-4-8(9)14/h2-5,10,17H,15H2,1H3. The summed E-state index contributed by atoms with van der Waals surface area (Å²) in [6.07, 6.45) is 1.39. The SMILES string of the molecule is Cn1ncc(Cl)c1C(NN)c1c(F)cccc1F. The largest absolute Gasteiger partial charge is 0.271 e. The molecule has 7 heteroatoms. The van der Waals surface area contributed by atoms with Crippen LogP contribution in [0.5, 0.6) is 0 Å². The van der Waals surface area contributed by atoms with Crippen molar-refractivity contribution in [2.75, 3.05) is 0 Å². The number of halogens is 3. The lowest BCUT2D eigenvalue weighted by molar-refractivity contribution is 0.493. The van der Waals surface area contributed by atoms with Crippen molar-refractivity contribution in [3.63, 3.8) is 0 Å². The van der Waals surface area contributed by atoms with Gasteiger partial charge in [-0.15, -0.1) is 0 Å². The summed E-state index contributed by atoms with van der Waals surface area (Å²) in [6, 6.07) is 2.69. The number of aromatic nitrogens is 2. The van der Waals surface area contributed by atoms with E-state index >= 15 is 0 Å². The molecular weight excluding hydrogens is 262 g/mol. The second-order valence-corrected chi connectivity index (χ2v) is 4.14. The van der Waals surface area contributed by atoms with Crippen LogP contribution in [0.3, 0.4) is 0 Å². The lowest BCUT2D eigenvalue weighted by atomic mass is 10.0. The number of nitrogens with one attached hydrogen (secondary N) is 1. The van der Waals surface area contributed by atoms with Gasteiger partial charge in [0.1, 0.15) is 11.6 Å². The van der Waals surface area contributed by atoms with E-state index in [0.29, 0.717) is 5.69 Å². The molecule has 0 fully saturated rings. The number of nitrogens with zero attached hydrogens (tertiary/aromatic N) is 2. The van der Waals surface area contributed by atoms with E-state index in [1.165, 1.54) is 16.9 Å². The fraction of sp³-hybridized carbons (Fsp3) is 0.182.